The molecule has 0 bridgehead atoms. The van der Waals surface area contributed by atoms with Crippen LogP contribution >= 0.6 is 11.6 Å². The number of hydrogen-bond acceptors (Lipinski definition) is 2. The van der Waals surface area contributed by atoms with Gasteiger partial charge in [-0.25, -0.2) is 0 Å². The number of anilines is 1. The number of fused-ring (bicyclic) bond motifs is 3. The molecule has 128 valence electrons. The van der Waals surface area contributed by atoms with Crippen molar-refractivity contribution in [2.24, 2.45) is 5.92 Å². The van der Waals surface area contributed by atoms with Gasteiger partial charge in [-0.2, -0.15) is 0 Å². The average Bonchev–Trinajstić information content (AvgIpc) is 3.00. The number of H-pyrrole nitrogens is 1. The van der Waals surface area contributed by atoms with Crippen molar-refractivity contribution in [3.63, 3.8) is 0 Å². The predicted molar refractivity (Wildman–Crippen MR) is 100 cm³/mol. The van der Waals surface area contributed by atoms with Crippen molar-refractivity contribution in [1.82, 2.24) is 4.98 Å². The Labute approximate surface area is 151 Å². The third kappa shape index (κ3) is 3.10. The maximum absolute atomic E-state index is 12.7. The second-order valence-electron chi connectivity index (χ2n) is 6.43. The van der Waals surface area contributed by atoms with E-state index in [0.717, 1.165) is 41.6 Å². The third-order valence-corrected chi connectivity index (χ3v) is 5.13. The van der Waals surface area contributed by atoms with E-state index in [1.807, 2.05) is 30.3 Å². The van der Waals surface area contributed by atoms with Crippen LogP contribution in [0.15, 0.2) is 42.5 Å². The summed E-state index contributed by atoms with van der Waals surface area (Å²) in [5, 5.41) is 4.81. The highest BCUT2D eigenvalue weighted by Gasteiger charge is 2.27. The molecule has 0 spiro atoms. The van der Waals surface area contributed by atoms with Gasteiger partial charge in [0.25, 0.3) is 0 Å². The van der Waals surface area contributed by atoms with E-state index >= 15 is 0 Å². The Morgan fingerprint density at radius 3 is 2.80 bits per heavy atom. The lowest BCUT2D eigenvalue weighted by Gasteiger charge is -2.22. The normalized spacial score (nSPS) is 16.5. The number of halogens is 1. The number of aromatic amines is 1. The smallest absolute Gasteiger partial charge is 0.227 e. The Kier molecular flexibility index (Phi) is 4.14. The molecule has 1 heterocycles. The van der Waals surface area contributed by atoms with Gasteiger partial charge in [0.05, 0.1) is 7.11 Å². The molecule has 1 unspecified atom stereocenters. The number of methoxy groups -OCH3 is 1. The highest BCUT2D eigenvalue weighted by atomic mass is 35.5. The quantitative estimate of drug-likeness (QED) is 0.723. The highest BCUT2D eigenvalue weighted by molar-refractivity contribution is 6.30. The molecular formula is C20H19ClN2O2. The largest absolute Gasteiger partial charge is 0.497 e. The number of nitrogens with one attached hydrogen (secondary N) is 2. The number of carbonyl (C=O) groups excluding carboxylic acids is 1. The zero-order chi connectivity index (χ0) is 17.4. The van der Waals surface area contributed by atoms with Crippen molar-refractivity contribution in [2.75, 3.05) is 12.4 Å². The SMILES string of the molecule is COc1ccc2[nH]c3c(c2c1)CC(C(=O)Nc1ccc(Cl)cc1)CC3. The van der Waals surface area contributed by atoms with E-state index in [1.54, 1.807) is 19.2 Å². The van der Waals surface area contributed by atoms with Crippen molar-refractivity contribution in [1.29, 1.82) is 0 Å². The number of aromatic nitrogens is 1. The molecule has 4 rings (SSSR count). The molecule has 25 heavy (non-hydrogen) atoms. The van der Waals surface area contributed by atoms with Gasteiger partial charge in [-0.3, -0.25) is 4.79 Å². The lowest BCUT2D eigenvalue weighted by atomic mass is 9.85. The van der Waals surface area contributed by atoms with Crippen LogP contribution in [0.2, 0.25) is 5.02 Å². The minimum atomic E-state index is -0.0339. The second kappa shape index (κ2) is 6.45. The number of rotatable bonds is 3. The van der Waals surface area contributed by atoms with E-state index in [0.29, 0.717) is 5.02 Å². The van der Waals surface area contributed by atoms with Crippen molar-refractivity contribution >= 4 is 34.1 Å². The topological polar surface area (TPSA) is 54.1 Å². The molecule has 0 saturated carbocycles. The van der Waals surface area contributed by atoms with Gasteiger partial charge < -0.3 is 15.0 Å². The molecule has 1 amide bonds. The summed E-state index contributed by atoms with van der Waals surface area (Å²) in [4.78, 5) is 16.1. The van der Waals surface area contributed by atoms with Crippen LogP contribution < -0.4 is 10.1 Å². The van der Waals surface area contributed by atoms with E-state index in [9.17, 15) is 4.79 Å². The van der Waals surface area contributed by atoms with E-state index in [2.05, 4.69) is 10.3 Å². The lowest BCUT2D eigenvalue weighted by molar-refractivity contribution is -0.120. The predicted octanol–water partition coefficient (Wildman–Crippen LogP) is 4.57. The third-order valence-electron chi connectivity index (χ3n) is 4.88. The zero-order valence-electron chi connectivity index (χ0n) is 13.9. The summed E-state index contributed by atoms with van der Waals surface area (Å²) in [5.74, 6) is 0.862. The number of aryl methyl sites for hydroxylation is 1. The molecule has 2 aromatic carbocycles. The molecule has 4 nitrogen and oxygen atoms in total. The fourth-order valence-corrected chi connectivity index (χ4v) is 3.65. The number of hydrogen-bond donors (Lipinski definition) is 2. The van der Waals surface area contributed by atoms with Crippen molar-refractivity contribution in [3.05, 3.63) is 58.7 Å². The molecule has 0 fully saturated rings. The van der Waals surface area contributed by atoms with E-state index < -0.39 is 0 Å². The minimum Gasteiger partial charge on any atom is -0.497 e. The summed E-state index contributed by atoms with van der Waals surface area (Å²) in [6.45, 7) is 0. The van der Waals surface area contributed by atoms with Crippen LogP contribution in [-0.4, -0.2) is 18.0 Å². The first-order valence-electron chi connectivity index (χ1n) is 8.38. The minimum absolute atomic E-state index is 0.0339. The maximum Gasteiger partial charge on any atom is 0.227 e. The maximum atomic E-state index is 12.7. The van der Waals surface area contributed by atoms with Crippen LogP contribution in [-0.2, 0) is 17.6 Å². The molecule has 1 atom stereocenters. The Morgan fingerprint density at radius 2 is 2.04 bits per heavy atom. The molecule has 3 aromatic rings. The summed E-state index contributed by atoms with van der Waals surface area (Å²) in [7, 11) is 1.67. The van der Waals surface area contributed by atoms with Crippen LogP contribution in [0.1, 0.15) is 17.7 Å². The molecule has 0 aliphatic heterocycles. The van der Waals surface area contributed by atoms with Gasteiger partial charge in [0.2, 0.25) is 5.91 Å². The first-order valence-corrected chi connectivity index (χ1v) is 8.76. The Hall–Kier alpha value is -2.46. The van der Waals surface area contributed by atoms with Crippen LogP contribution in [0.5, 0.6) is 5.75 Å². The van der Waals surface area contributed by atoms with E-state index in [4.69, 9.17) is 16.3 Å². The summed E-state index contributed by atoms with van der Waals surface area (Å²) in [6, 6.07) is 13.2. The molecule has 1 aromatic heterocycles. The number of ether oxygens (including phenoxy) is 1. The number of carbonyl (C=O) groups is 1. The Morgan fingerprint density at radius 1 is 1.24 bits per heavy atom. The molecule has 1 aliphatic carbocycles. The summed E-state index contributed by atoms with van der Waals surface area (Å²) in [5.41, 5.74) is 4.35. The molecule has 1 aliphatic rings. The van der Waals surface area contributed by atoms with E-state index in [1.165, 1.54) is 11.3 Å². The van der Waals surface area contributed by atoms with Crippen molar-refractivity contribution in [2.45, 2.75) is 19.3 Å². The fourth-order valence-electron chi connectivity index (χ4n) is 3.52. The first kappa shape index (κ1) is 16.0. The van der Waals surface area contributed by atoms with Gasteiger partial charge in [-0.1, -0.05) is 11.6 Å². The van der Waals surface area contributed by atoms with Gasteiger partial charge in [0.1, 0.15) is 5.75 Å². The van der Waals surface area contributed by atoms with Gasteiger partial charge in [-0.15, -0.1) is 0 Å². The van der Waals surface area contributed by atoms with Gasteiger partial charge in [-0.05, 0) is 67.3 Å². The second-order valence-corrected chi connectivity index (χ2v) is 6.87. The summed E-state index contributed by atoms with van der Waals surface area (Å²) in [6.07, 6.45) is 2.46. The lowest BCUT2D eigenvalue weighted by Crippen LogP contribution is -2.28. The molecule has 2 N–H and O–H groups in total. The average molecular weight is 355 g/mol. The van der Waals surface area contributed by atoms with E-state index in [-0.39, 0.29) is 11.8 Å². The van der Waals surface area contributed by atoms with Gasteiger partial charge in [0, 0.05) is 33.2 Å². The summed E-state index contributed by atoms with van der Waals surface area (Å²) < 4.78 is 5.34. The van der Waals surface area contributed by atoms with Gasteiger partial charge in [0.15, 0.2) is 0 Å². The van der Waals surface area contributed by atoms with Crippen molar-refractivity contribution in [3.8, 4) is 5.75 Å². The molecule has 0 radical (unpaired) electrons. The zero-order valence-corrected chi connectivity index (χ0v) is 14.7. The van der Waals surface area contributed by atoms with Crippen LogP contribution in [0.25, 0.3) is 10.9 Å². The standard InChI is InChI=1S/C20H19ClN2O2/c1-25-15-7-9-19-17(11-15)16-10-12(2-8-18(16)23-19)20(24)22-14-5-3-13(21)4-6-14/h3-7,9,11-12,23H,2,8,10H2,1H3,(H,22,24). The molecular weight excluding hydrogens is 336 g/mol. The van der Waals surface area contributed by atoms with Crippen molar-refractivity contribution < 1.29 is 9.53 Å². The first-order chi connectivity index (χ1) is 12.1. The van der Waals surface area contributed by atoms with Crippen LogP contribution in [0.3, 0.4) is 0 Å². The molecule has 5 heteroatoms. The van der Waals surface area contributed by atoms with Gasteiger partial charge >= 0.3 is 0 Å². The number of amides is 1. The Balaban J connectivity index is 1.57. The monoisotopic (exact) mass is 354 g/mol. The highest BCUT2D eigenvalue weighted by Crippen LogP contribution is 2.34. The fraction of sp³-hybridized carbons (Fsp3) is 0.250. The summed E-state index contributed by atoms with van der Waals surface area (Å²) >= 11 is 5.89. The van der Waals surface area contributed by atoms with Crippen LogP contribution in [0, 0.1) is 5.92 Å². The van der Waals surface area contributed by atoms with Crippen LogP contribution in [0.4, 0.5) is 5.69 Å². The number of benzene rings is 2. The Bertz CT molecular complexity index is 931. The molecule has 0 saturated heterocycles.